The summed E-state index contributed by atoms with van der Waals surface area (Å²) in [4.78, 5) is 37.0. The molecule has 0 bridgehead atoms. The molecule has 0 aromatic heterocycles. The summed E-state index contributed by atoms with van der Waals surface area (Å²) in [5.41, 5.74) is -0.184. The second-order valence-corrected chi connectivity index (χ2v) is 8.30. The molecule has 2 rings (SSSR count). The normalized spacial score (nSPS) is 15.8. The summed E-state index contributed by atoms with van der Waals surface area (Å²) in [5.74, 6) is -0.951. The fourth-order valence-electron chi connectivity index (χ4n) is 3.41. The molecule has 6 nitrogen and oxygen atoms in total. The molecule has 1 fully saturated rings. The van der Waals surface area contributed by atoms with Gasteiger partial charge in [0.05, 0.1) is 5.41 Å². The van der Waals surface area contributed by atoms with Gasteiger partial charge in [0.2, 0.25) is 5.91 Å². The molecule has 2 amide bonds. The molecule has 0 radical (unpaired) electrons. The highest BCUT2D eigenvalue weighted by atomic mass is 16.5. The Kier molecular flexibility index (Phi) is 6.99. The van der Waals surface area contributed by atoms with E-state index in [1.165, 1.54) is 0 Å². The molecule has 1 aromatic carbocycles. The van der Waals surface area contributed by atoms with E-state index in [0.29, 0.717) is 19.4 Å². The van der Waals surface area contributed by atoms with Crippen molar-refractivity contribution in [2.75, 3.05) is 6.61 Å². The number of ether oxygens (including phenoxy) is 1. The Labute approximate surface area is 161 Å². The SMILES string of the molecule is CC(C)(C)NC(=O)CC1(C(=O)OCC(=O)NCc2ccccc2)CCCC1. The molecule has 1 aliphatic carbocycles. The third kappa shape index (κ3) is 6.70. The largest absolute Gasteiger partial charge is 0.455 e. The van der Waals surface area contributed by atoms with Crippen LogP contribution in [0.3, 0.4) is 0 Å². The monoisotopic (exact) mass is 374 g/mol. The average molecular weight is 374 g/mol. The van der Waals surface area contributed by atoms with Gasteiger partial charge >= 0.3 is 5.97 Å². The molecule has 1 aliphatic rings. The lowest BCUT2D eigenvalue weighted by Gasteiger charge is -2.28. The molecule has 2 N–H and O–H groups in total. The number of carbonyl (C=O) groups excluding carboxylic acids is 3. The number of benzene rings is 1. The third-order valence-electron chi connectivity index (χ3n) is 4.67. The quantitative estimate of drug-likeness (QED) is 0.719. The Morgan fingerprint density at radius 1 is 1.04 bits per heavy atom. The van der Waals surface area contributed by atoms with Crippen molar-refractivity contribution in [3.05, 3.63) is 35.9 Å². The summed E-state index contributed by atoms with van der Waals surface area (Å²) < 4.78 is 5.28. The molecular weight excluding hydrogens is 344 g/mol. The van der Waals surface area contributed by atoms with Crippen LogP contribution < -0.4 is 10.6 Å². The maximum Gasteiger partial charge on any atom is 0.313 e. The van der Waals surface area contributed by atoms with Crippen LogP contribution in [0.15, 0.2) is 30.3 Å². The summed E-state index contributed by atoms with van der Waals surface area (Å²) in [5, 5.41) is 5.64. The lowest BCUT2D eigenvalue weighted by molar-refractivity contribution is -0.160. The molecule has 0 unspecified atom stereocenters. The minimum Gasteiger partial charge on any atom is -0.455 e. The van der Waals surface area contributed by atoms with Gasteiger partial charge < -0.3 is 15.4 Å². The highest BCUT2D eigenvalue weighted by Crippen LogP contribution is 2.42. The number of hydrogen-bond acceptors (Lipinski definition) is 4. The molecule has 6 heteroatoms. The van der Waals surface area contributed by atoms with Crippen LogP contribution in [-0.2, 0) is 25.7 Å². The van der Waals surface area contributed by atoms with Gasteiger partial charge in [0, 0.05) is 18.5 Å². The summed E-state index contributed by atoms with van der Waals surface area (Å²) in [6.07, 6.45) is 3.12. The van der Waals surface area contributed by atoms with Crippen molar-refractivity contribution < 1.29 is 19.1 Å². The molecule has 148 valence electrons. The van der Waals surface area contributed by atoms with Crippen molar-refractivity contribution in [3.8, 4) is 0 Å². The van der Waals surface area contributed by atoms with Crippen LogP contribution in [0.1, 0.15) is 58.4 Å². The van der Waals surface area contributed by atoms with Gasteiger partial charge in [-0.2, -0.15) is 0 Å². The second-order valence-electron chi connectivity index (χ2n) is 8.30. The lowest BCUT2D eigenvalue weighted by Crippen LogP contribution is -2.44. The summed E-state index contributed by atoms with van der Waals surface area (Å²) in [6.45, 7) is 5.77. The van der Waals surface area contributed by atoms with Crippen LogP contribution in [0.2, 0.25) is 0 Å². The number of hydrogen-bond donors (Lipinski definition) is 2. The lowest BCUT2D eigenvalue weighted by atomic mass is 9.82. The van der Waals surface area contributed by atoms with Crippen molar-refractivity contribution in [3.63, 3.8) is 0 Å². The number of nitrogens with one attached hydrogen (secondary N) is 2. The summed E-state index contributed by atoms with van der Waals surface area (Å²) >= 11 is 0. The van der Waals surface area contributed by atoms with Crippen molar-refractivity contribution in [2.45, 2.75) is 65.0 Å². The Morgan fingerprint density at radius 3 is 2.26 bits per heavy atom. The molecule has 1 saturated carbocycles. The van der Waals surface area contributed by atoms with Crippen LogP contribution in [0, 0.1) is 5.41 Å². The predicted octanol–water partition coefficient (Wildman–Crippen LogP) is 2.71. The van der Waals surface area contributed by atoms with E-state index in [-0.39, 0.29) is 30.4 Å². The standard InChI is InChI=1S/C21H30N2O4/c1-20(2,3)23-17(24)13-21(11-7-8-12-21)19(26)27-15-18(25)22-14-16-9-5-4-6-10-16/h4-6,9-10H,7-8,11-15H2,1-3H3,(H,22,25)(H,23,24). The first kappa shape index (κ1) is 20.9. The van der Waals surface area contributed by atoms with Gasteiger partial charge in [-0.3, -0.25) is 14.4 Å². The van der Waals surface area contributed by atoms with Gasteiger partial charge in [-0.15, -0.1) is 0 Å². The Hall–Kier alpha value is -2.37. The molecule has 0 aliphatic heterocycles. The van der Waals surface area contributed by atoms with Crippen LogP contribution >= 0.6 is 0 Å². The Balaban J connectivity index is 1.85. The molecular formula is C21H30N2O4. The van der Waals surface area contributed by atoms with Crippen LogP contribution in [0.4, 0.5) is 0 Å². The molecule has 0 atom stereocenters. The number of rotatable bonds is 7. The van der Waals surface area contributed by atoms with Crippen LogP contribution in [0.5, 0.6) is 0 Å². The van der Waals surface area contributed by atoms with Crippen molar-refractivity contribution in [2.24, 2.45) is 5.41 Å². The van der Waals surface area contributed by atoms with Gasteiger partial charge in [0.25, 0.3) is 5.91 Å². The molecule has 0 heterocycles. The van der Waals surface area contributed by atoms with Crippen molar-refractivity contribution in [1.29, 1.82) is 0 Å². The molecule has 1 aromatic rings. The summed E-state index contributed by atoms with van der Waals surface area (Å²) in [6, 6.07) is 9.52. The van der Waals surface area contributed by atoms with Crippen molar-refractivity contribution >= 4 is 17.8 Å². The van der Waals surface area contributed by atoms with Gasteiger partial charge in [0.15, 0.2) is 6.61 Å². The molecule has 0 saturated heterocycles. The second kappa shape index (κ2) is 9.02. The zero-order valence-corrected chi connectivity index (χ0v) is 16.5. The minimum atomic E-state index is -0.810. The van der Waals surface area contributed by atoms with E-state index in [0.717, 1.165) is 18.4 Å². The zero-order valence-electron chi connectivity index (χ0n) is 16.5. The van der Waals surface area contributed by atoms with Crippen molar-refractivity contribution in [1.82, 2.24) is 10.6 Å². The van der Waals surface area contributed by atoms with Gasteiger partial charge in [0.1, 0.15) is 0 Å². The van der Waals surface area contributed by atoms with E-state index < -0.39 is 11.4 Å². The van der Waals surface area contributed by atoms with E-state index in [4.69, 9.17) is 4.74 Å². The fourth-order valence-corrected chi connectivity index (χ4v) is 3.41. The van der Waals surface area contributed by atoms with E-state index in [9.17, 15) is 14.4 Å². The van der Waals surface area contributed by atoms with E-state index in [2.05, 4.69) is 10.6 Å². The third-order valence-corrected chi connectivity index (χ3v) is 4.67. The maximum atomic E-state index is 12.7. The fraction of sp³-hybridized carbons (Fsp3) is 0.571. The first-order chi connectivity index (χ1) is 12.7. The first-order valence-electron chi connectivity index (χ1n) is 9.49. The highest BCUT2D eigenvalue weighted by molar-refractivity contribution is 5.88. The predicted molar refractivity (Wildman–Crippen MR) is 103 cm³/mol. The van der Waals surface area contributed by atoms with Gasteiger partial charge in [-0.25, -0.2) is 0 Å². The first-order valence-corrected chi connectivity index (χ1v) is 9.49. The minimum absolute atomic E-state index is 0.106. The van der Waals surface area contributed by atoms with Gasteiger partial charge in [-0.1, -0.05) is 43.2 Å². The van der Waals surface area contributed by atoms with E-state index in [1.807, 2.05) is 51.1 Å². The number of carbonyl (C=O) groups is 3. The van der Waals surface area contributed by atoms with E-state index >= 15 is 0 Å². The zero-order chi connectivity index (χ0) is 19.9. The summed E-state index contributed by atoms with van der Waals surface area (Å²) in [7, 11) is 0. The smallest absolute Gasteiger partial charge is 0.313 e. The number of amides is 2. The topological polar surface area (TPSA) is 84.5 Å². The van der Waals surface area contributed by atoms with Crippen LogP contribution in [-0.4, -0.2) is 29.9 Å². The Morgan fingerprint density at radius 2 is 1.67 bits per heavy atom. The Bertz CT molecular complexity index is 659. The number of esters is 1. The highest BCUT2D eigenvalue weighted by Gasteiger charge is 2.44. The van der Waals surface area contributed by atoms with Crippen LogP contribution in [0.25, 0.3) is 0 Å². The average Bonchev–Trinajstić information content (AvgIpc) is 3.06. The maximum absolute atomic E-state index is 12.7. The molecule has 0 spiro atoms. The van der Waals surface area contributed by atoms with E-state index in [1.54, 1.807) is 0 Å². The van der Waals surface area contributed by atoms with Gasteiger partial charge in [-0.05, 0) is 39.2 Å². The molecule has 27 heavy (non-hydrogen) atoms.